The summed E-state index contributed by atoms with van der Waals surface area (Å²) in [7, 11) is 0. The van der Waals surface area contributed by atoms with Crippen LogP contribution in [0.15, 0.2) is 42.5 Å². The van der Waals surface area contributed by atoms with Crippen molar-refractivity contribution in [1.82, 2.24) is 9.97 Å². The van der Waals surface area contributed by atoms with Crippen LogP contribution in [-0.4, -0.2) is 16.5 Å². The maximum absolute atomic E-state index is 5.56. The topological polar surface area (TPSA) is 54.7 Å². The molecule has 96 valence electrons. The number of aromatic nitrogens is 2. The Kier molecular flexibility index (Phi) is 3.05. The smallest absolute Gasteiger partial charge is 0.138 e. The van der Waals surface area contributed by atoms with Crippen molar-refractivity contribution in [2.75, 3.05) is 6.54 Å². The molecule has 3 heteroatoms. The molecule has 0 saturated heterocycles. The lowest BCUT2D eigenvalue weighted by Gasteiger charge is -2.00. The minimum atomic E-state index is 0.684. The number of H-pyrrole nitrogens is 1. The van der Waals surface area contributed by atoms with Crippen LogP contribution >= 0.6 is 0 Å². The van der Waals surface area contributed by atoms with Gasteiger partial charge in [0.25, 0.3) is 0 Å². The van der Waals surface area contributed by atoms with Crippen LogP contribution in [0.1, 0.15) is 11.1 Å². The van der Waals surface area contributed by atoms with Gasteiger partial charge < -0.3 is 10.7 Å². The van der Waals surface area contributed by atoms with Crippen LogP contribution in [-0.2, 0) is 6.42 Å². The monoisotopic (exact) mass is 251 g/mol. The van der Waals surface area contributed by atoms with Crippen molar-refractivity contribution in [3.05, 3.63) is 53.6 Å². The Bertz CT molecular complexity index is 696. The molecule has 0 aliphatic carbocycles. The van der Waals surface area contributed by atoms with Crippen LogP contribution in [0.25, 0.3) is 22.4 Å². The lowest BCUT2D eigenvalue weighted by Crippen LogP contribution is -2.02. The van der Waals surface area contributed by atoms with Crippen molar-refractivity contribution in [3.8, 4) is 11.4 Å². The predicted molar refractivity (Wildman–Crippen MR) is 79.0 cm³/mol. The number of nitrogens with zero attached hydrogens (tertiary/aromatic N) is 1. The molecule has 3 aromatic rings. The Balaban J connectivity index is 2.01. The second kappa shape index (κ2) is 4.86. The van der Waals surface area contributed by atoms with Crippen LogP contribution in [0.5, 0.6) is 0 Å². The molecule has 0 bridgehead atoms. The van der Waals surface area contributed by atoms with Gasteiger partial charge >= 0.3 is 0 Å². The Morgan fingerprint density at radius 2 is 1.89 bits per heavy atom. The Morgan fingerprint density at radius 1 is 1.11 bits per heavy atom. The van der Waals surface area contributed by atoms with Gasteiger partial charge in [0, 0.05) is 5.56 Å². The summed E-state index contributed by atoms with van der Waals surface area (Å²) in [6.45, 7) is 2.76. The summed E-state index contributed by atoms with van der Waals surface area (Å²) in [5.74, 6) is 0.920. The van der Waals surface area contributed by atoms with Gasteiger partial charge in [-0.25, -0.2) is 4.98 Å². The van der Waals surface area contributed by atoms with Crippen molar-refractivity contribution in [2.24, 2.45) is 5.73 Å². The summed E-state index contributed by atoms with van der Waals surface area (Å²) in [6.07, 6.45) is 0.916. The molecule has 3 rings (SSSR count). The SMILES string of the molecule is Cc1cccc2[nH]c(-c3ccc(CCN)cc3)nc12. The van der Waals surface area contributed by atoms with Crippen LogP contribution < -0.4 is 5.73 Å². The molecular formula is C16H17N3. The van der Waals surface area contributed by atoms with E-state index < -0.39 is 0 Å². The van der Waals surface area contributed by atoms with Gasteiger partial charge in [-0.15, -0.1) is 0 Å². The molecule has 19 heavy (non-hydrogen) atoms. The highest BCUT2D eigenvalue weighted by atomic mass is 14.9. The number of rotatable bonds is 3. The van der Waals surface area contributed by atoms with Crippen molar-refractivity contribution in [1.29, 1.82) is 0 Å². The predicted octanol–water partition coefficient (Wildman–Crippen LogP) is 3.04. The van der Waals surface area contributed by atoms with E-state index in [4.69, 9.17) is 5.73 Å². The van der Waals surface area contributed by atoms with Gasteiger partial charge in [0.05, 0.1) is 11.0 Å². The first-order valence-corrected chi connectivity index (χ1v) is 6.52. The summed E-state index contributed by atoms with van der Waals surface area (Å²) < 4.78 is 0. The fraction of sp³-hybridized carbons (Fsp3) is 0.188. The summed E-state index contributed by atoms with van der Waals surface area (Å²) in [5.41, 5.74) is 11.3. The first kappa shape index (κ1) is 11.9. The van der Waals surface area contributed by atoms with E-state index in [1.54, 1.807) is 0 Å². The molecule has 1 aromatic heterocycles. The van der Waals surface area contributed by atoms with Crippen molar-refractivity contribution in [2.45, 2.75) is 13.3 Å². The molecule has 0 aliphatic rings. The first-order chi connectivity index (χ1) is 9.28. The molecule has 3 nitrogen and oxygen atoms in total. The van der Waals surface area contributed by atoms with Crippen LogP contribution in [0, 0.1) is 6.92 Å². The average Bonchev–Trinajstić information content (AvgIpc) is 2.85. The summed E-state index contributed by atoms with van der Waals surface area (Å²) in [5, 5.41) is 0. The third kappa shape index (κ3) is 2.25. The number of para-hydroxylation sites is 1. The molecule has 1 heterocycles. The lowest BCUT2D eigenvalue weighted by molar-refractivity contribution is 0.969. The van der Waals surface area contributed by atoms with E-state index in [2.05, 4.69) is 53.3 Å². The van der Waals surface area contributed by atoms with E-state index in [9.17, 15) is 0 Å². The molecule has 0 saturated carbocycles. The number of fused-ring (bicyclic) bond motifs is 1. The van der Waals surface area contributed by atoms with Crippen LogP contribution in [0.2, 0.25) is 0 Å². The van der Waals surface area contributed by atoms with Crippen LogP contribution in [0.3, 0.4) is 0 Å². The maximum atomic E-state index is 5.56. The minimum Gasteiger partial charge on any atom is -0.338 e. The quantitative estimate of drug-likeness (QED) is 0.751. The number of benzene rings is 2. The Hall–Kier alpha value is -2.13. The number of nitrogens with two attached hydrogens (primary N) is 1. The highest BCUT2D eigenvalue weighted by molar-refractivity contribution is 5.82. The van der Waals surface area contributed by atoms with E-state index >= 15 is 0 Å². The fourth-order valence-electron chi connectivity index (χ4n) is 2.31. The maximum Gasteiger partial charge on any atom is 0.138 e. The van der Waals surface area contributed by atoms with E-state index in [1.807, 2.05) is 6.07 Å². The number of aryl methyl sites for hydroxylation is 1. The second-order valence-corrected chi connectivity index (χ2v) is 4.79. The lowest BCUT2D eigenvalue weighted by atomic mass is 10.1. The second-order valence-electron chi connectivity index (χ2n) is 4.79. The highest BCUT2D eigenvalue weighted by Crippen LogP contribution is 2.22. The zero-order chi connectivity index (χ0) is 13.2. The van der Waals surface area contributed by atoms with Gasteiger partial charge in [-0.2, -0.15) is 0 Å². The van der Waals surface area contributed by atoms with Crippen molar-refractivity contribution in [3.63, 3.8) is 0 Å². The molecule has 0 atom stereocenters. The number of imidazole rings is 1. The molecule has 0 amide bonds. The van der Waals surface area contributed by atoms with Gasteiger partial charge in [-0.3, -0.25) is 0 Å². The molecule has 0 spiro atoms. The normalized spacial score (nSPS) is 11.1. The number of nitrogens with one attached hydrogen (secondary N) is 1. The number of hydrogen-bond donors (Lipinski definition) is 2. The van der Waals surface area contributed by atoms with E-state index in [1.165, 1.54) is 11.1 Å². The molecular weight excluding hydrogens is 234 g/mol. The summed E-state index contributed by atoms with van der Waals surface area (Å²) >= 11 is 0. The number of hydrogen-bond acceptors (Lipinski definition) is 2. The third-order valence-corrected chi connectivity index (χ3v) is 3.37. The third-order valence-electron chi connectivity index (χ3n) is 3.37. The van der Waals surface area contributed by atoms with E-state index in [0.717, 1.165) is 28.8 Å². The van der Waals surface area contributed by atoms with Gasteiger partial charge in [0.2, 0.25) is 0 Å². The zero-order valence-electron chi connectivity index (χ0n) is 11.0. The average molecular weight is 251 g/mol. The van der Waals surface area contributed by atoms with E-state index in [-0.39, 0.29) is 0 Å². The molecule has 3 N–H and O–H groups in total. The number of aromatic amines is 1. The Morgan fingerprint density at radius 3 is 2.58 bits per heavy atom. The fourth-order valence-corrected chi connectivity index (χ4v) is 2.31. The van der Waals surface area contributed by atoms with Crippen molar-refractivity contribution < 1.29 is 0 Å². The van der Waals surface area contributed by atoms with Gasteiger partial charge in [0.1, 0.15) is 5.82 Å². The molecule has 0 radical (unpaired) electrons. The van der Waals surface area contributed by atoms with Gasteiger partial charge in [0.15, 0.2) is 0 Å². The largest absolute Gasteiger partial charge is 0.338 e. The highest BCUT2D eigenvalue weighted by Gasteiger charge is 2.06. The first-order valence-electron chi connectivity index (χ1n) is 6.52. The van der Waals surface area contributed by atoms with E-state index in [0.29, 0.717) is 6.54 Å². The standard InChI is InChI=1S/C16H17N3/c1-11-3-2-4-14-15(11)19-16(18-14)13-7-5-12(6-8-13)9-10-17/h2-8H,9-10,17H2,1H3,(H,18,19). The molecule has 0 fully saturated rings. The Labute approximate surface area is 112 Å². The molecule has 0 aliphatic heterocycles. The molecule has 0 unspecified atom stereocenters. The van der Waals surface area contributed by atoms with Gasteiger partial charge in [-0.1, -0.05) is 36.4 Å². The zero-order valence-corrected chi connectivity index (χ0v) is 11.0. The van der Waals surface area contributed by atoms with Crippen molar-refractivity contribution >= 4 is 11.0 Å². The summed E-state index contributed by atoms with van der Waals surface area (Å²) in [4.78, 5) is 8.05. The van der Waals surface area contributed by atoms with Gasteiger partial charge in [-0.05, 0) is 37.1 Å². The summed E-state index contributed by atoms with van der Waals surface area (Å²) in [6, 6.07) is 14.6. The van der Waals surface area contributed by atoms with Crippen LogP contribution in [0.4, 0.5) is 0 Å². The molecule has 2 aromatic carbocycles. The minimum absolute atomic E-state index is 0.684.